The molecule has 3 nitrogen and oxygen atoms in total. The molecule has 0 aromatic carbocycles. The highest BCUT2D eigenvalue weighted by Crippen LogP contribution is 1.58. The molecule has 0 rings (SSSR count). The van der Waals surface area contributed by atoms with Crippen LogP contribution >= 0.6 is 0 Å². The van der Waals surface area contributed by atoms with E-state index in [2.05, 4.69) is 17.4 Å². The van der Waals surface area contributed by atoms with Gasteiger partial charge in [0.2, 0.25) is 0 Å². The van der Waals surface area contributed by atoms with E-state index in [9.17, 15) is 4.79 Å². The van der Waals surface area contributed by atoms with Gasteiger partial charge in [-0.25, -0.2) is 5.43 Å². The monoisotopic (exact) mass is 114 g/mol. The standard InChI is InChI=1S/C5H10N2O/c1-3-5(8)7-6-4-2/h3,6H,1,4H2,2H3,(H,7,8). The maximum atomic E-state index is 10.3. The maximum absolute atomic E-state index is 10.3. The third-order valence-electron chi connectivity index (χ3n) is 0.574. The molecule has 0 aliphatic rings. The number of amides is 1. The Morgan fingerprint density at radius 2 is 2.50 bits per heavy atom. The first kappa shape index (κ1) is 7.17. The Balaban J connectivity index is 3.11. The molecule has 0 spiro atoms. The Hall–Kier alpha value is -0.830. The molecule has 3 heteroatoms. The van der Waals surface area contributed by atoms with Crippen LogP contribution in [-0.4, -0.2) is 12.5 Å². The molecule has 8 heavy (non-hydrogen) atoms. The normalized spacial score (nSPS) is 8.12. The molecule has 0 saturated carbocycles. The Kier molecular flexibility index (Phi) is 3.88. The number of carbonyl (C=O) groups is 1. The van der Waals surface area contributed by atoms with E-state index >= 15 is 0 Å². The van der Waals surface area contributed by atoms with Crippen molar-refractivity contribution < 1.29 is 4.79 Å². The molecule has 0 unspecified atom stereocenters. The minimum Gasteiger partial charge on any atom is -0.288 e. The fourth-order valence-corrected chi connectivity index (χ4v) is 0.227. The van der Waals surface area contributed by atoms with Gasteiger partial charge in [-0.15, -0.1) is 0 Å². The minimum atomic E-state index is -0.202. The summed E-state index contributed by atoms with van der Waals surface area (Å²) in [7, 11) is 0. The number of hydrogen-bond donors (Lipinski definition) is 2. The minimum absolute atomic E-state index is 0.202. The summed E-state index contributed by atoms with van der Waals surface area (Å²) in [6, 6.07) is 0. The van der Waals surface area contributed by atoms with Crippen LogP contribution in [-0.2, 0) is 4.79 Å². The van der Waals surface area contributed by atoms with Gasteiger partial charge in [0.25, 0.3) is 5.91 Å². The van der Waals surface area contributed by atoms with Gasteiger partial charge in [-0.2, -0.15) is 0 Å². The van der Waals surface area contributed by atoms with Crippen molar-refractivity contribution in [3.05, 3.63) is 12.7 Å². The van der Waals surface area contributed by atoms with Crippen molar-refractivity contribution >= 4 is 5.91 Å². The molecular weight excluding hydrogens is 104 g/mol. The van der Waals surface area contributed by atoms with E-state index in [4.69, 9.17) is 0 Å². The number of hydrazine groups is 1. The van der Waals surface area contributed by atoms with Crippen molar-refractivity contribution in [2.24, 2.45) is 0 Å². The van der Waals surface area contributed by atoms with E-state index in [-0.39, 0.29) is 5.91 Å². The zero-order valence-corrected chi connectivity index (χ0v) is 4.90. The average molecular weight is 114 g/mol. The molecule has 0 radical (unpaired) electrons. The van der Waals surface area contributed by atoms with Crippen LogP contribution in [0.15, 0.2) is 12.7 Å². The number of nitrogens with one attached hydrogen (secondary N) is 2. The van der Waals surface area contributed by atoms with Crippen molar-refractivity contribution in [1.82, 2.24) is 10.9 Å². The lowest BCUT2D eigenvalue weighted by molar-refractivity contribution is -0.117. The fraction of sp³-hybridized carbons (Fsp3) is 0.400. The lowest BCUT2D eigenvalue weighted by Gasteiger charge is -1.97. The van der Waals surface area contributed by atoms with Crippen molar-refractivity contribution in [3.63, 3.8) is 0 Å². The summed E-state index contributed by atoms with van der Waals surface area (Å²) in [5.74, 6) is -0.202. The van der Waals surface area contributed by atoms with Gasteiger partial charge in [0, 0.05) is 6.54 Å². The van der Waals surface area contributed by atoms with Gasteiger partial charge < -0.3 is 0 Å². The van der Waals surface area contributed by atoms with Crippen molar-refractivity contribution in [2.45, 2.75) is 6.92 Å². The Bertz CT molecular complexity index is 90.4. The predicted molar refractivity (Wildman–Crippen MR) is 32.0 cm³/mol. The van der Waals surface area contributed by atoms with Crippen LogP contribution in [0.1, 0.15) is 6.92 Å². The largest absolute Gasteiger partial charge is 0.288 e. The SMILES string of the molecule is C=CC(=O)NNCC. The molecular formula is C5H10N2O. The highest BCUT2D eigenvalue weighted by molar-refractivity contribution is 5.86. The third kappa shape index (κ3) is 3.36. The van der Waals surface area contributed by atoms with E-state index in [0.29, 0.717) is 0 Å². The van der Waals surface area contributed by atoms with Gasteiger partial charge in [0.1, 0.15) is 0 Å². The molecule has 1 amide bonds. The summed E-state index contributed by atoms with van der Waals surface area (Å²) >= 11 is 0. The fourth-order valence-electron chi connectivity index (χ4n) is 0.227. The summed E-state index contributed by atoms with van der Waals surface area (Å²) in [5, 5.41) is 0. The second kappa shape index (κ2) is 4.33. The van der Waals surface area contributed by atoms with Gasteiger partial charge in [0.05, 0.1) is 0 Å². The summed E-state index contributed by atoms with van der Waals surface area (Å²) in [6.45, 7) is 5.88. The zero-order valence-electron chi connectivity index (χ0n) is 4.90. The van der Waals surface area contributed by atoms with Gasteiger partial charge >= 0.3 is 0 Å². The molecule has 46 valence electrons. The predicted octanol–water partition coefficient (Wildman–Crippen LogP) is -0.187. The molecule has 0 bridgehead atoms. The second-order valence-electron chi connectivity index (χ2n) is 1.22. The molecule has 0 aromatic rings. The zero-order chi connectivity index (χ0) is 6.41. The van der Waals surface area contributed by atoms with Crippen LogP contribution in [0.3, 0.4) is 0 Å². The number of carbonyl (C=O) groups excluding carboxylic acids is 1. The molecule has 0 atom stereocenters. The summed E-state index contributed by atoms with van der Waals surface area (Å²) < 4.78 is 0. The van der Waals surface area contributed by atoms with Crippen LogP contribution in [0.25, 0.3) is 0 Å². The third-order valence-corrected chi connectivity index (χ3v) is 0.574. The highest BCUT2D eigenvalue weighted by atomic mass is 16.2. The van der Waals surface area contributed by atoms with E-state index in [1.54, 1.807) is 0 Å². The van der Waals surface area contributed by atoms with Crippen LogP contribution < -0.4 is 10.9 Å². The number of rotatable bonds is 3. The summed E-state index contributed by atoms with van der Waals surface area (Å²) in [5.41, 5.74) is 5.00. The first-order valence-electron chi connectivity index (χ1n) is 2.46. The van der Waals surface area contributed by atoms with Crippen molar-refractivity contribution in [3.8, 4) is 0 Å². The van der Waals surface area contributed by atoms with E-state index in [1.165, 1.54) is 6.08 Å². The molecule has 0 fully saturated rings. The maximum Gasteiger partial charge on any atom is 0.257 e. The van der Waals surface area contributed by atoms with E-state index in [0.717, 1.165) is 6.54 Å². The smallest absolute Gasteiger partial charge is 0.257 e. The van der Waals surface area contributed by atoms with Crippen molar-refractivity contribution in [1.29, 1.82) is 0 Å². The molecule has 0 aromatic heterocycles. The lowest BCUT2D eigenvalue weighted by Crippen LogP contribution is -2.35. The average Bonchev–Trinajstić information content (AvgIpc) is 1.83. The molecule has 0 aliphatic carbocycles. The highest BCUT2D eigenvalue weighted by Gasteiger charge is 1.85. The van der Waals surface area contributed by atoms with E-state index in [1.807, 2.05) is 6.92 Å². The Morgan fingerprint density at radius 1 is 1.88 bits per heavy atom. The number of hydrogen-bond acceptors (Lipinski definition) is 2. The molecule has 0 aliphatic heterocycles. The Morgan fingerprint density at radius 3 is 2.88 bits per heavy atom. The lowest BCUT2D eigenvalue weighted by atomic mass is 10.6. The first-order valence-corrected chi connectivity index (χ1v) is 2.46. The van der Waals surface area contributed by atoms with Crippen LogP contribution in [0.4, 0.5) is 0 Å². The van der Waals surface area contributed by atoms with Crippen LogP contribution in [0.5, 0.6) is 0 Å². The first-order chi connectivity index (χ1) is 3.81. The van der Waals surface area contributed by atoms with Crippen LogP contribution in [0.2, 0.25) is 0 Å². The van der Waals surface area contributed by atoms with Gasteiger partial charge in [0.15, 0.2) is 0 Å². The second-order valence-corrected chi connectivity index (χ2v) is 1.22. The Labute approximate surface area is 48.7 Å². The van der Waals surface area contributed by atoms with E-state index < -0.39 is 0 Å². The van der Waals surface area contributed by atoms with Gasteiger partial charge in [-0.05, 0) is 6.08 Å². The summed E-state index contributed by atoms with van der Waals surface area (Å²) in [6.07, 6.45) is 1.21. The molecule has 0 saturated heterocycles. The molecule has 0 heterocycles. The van der Waals surface area contributed by atoms with Crippen LogP contribution in [0, 0.1) is 0 Å². The summed E-state index contributed by atoms with van der Waals surface area (Å²) in [4.78, 5) is 10.3. The van der Waals surface area contributed by atoms with Gasteiger partial charge in [-0.3, -0.25) is 10.2 Å². The van der Waals surface area contributed by atoms with Crippen molar-refractivity contribution in [2.75, 3.05) is 6.54 Å². The topological polar surface area (TPSA) is 41.1 Å². The quantitative estimate of drug-likeness (QED) is 0.394. The van der Waals surface area contributed by atoms with Gasteiger partial charge in [-0.1, -0.05) is 13.5 Å². The molecule has 2 N–H and O–H groups in total.